The molecule has 2 N–H and O–H groups in total. The fraction of sp³-hybridized carbons (Fsp3) is 0.385. The quantitative estimate of drug-likeness (QED) is 0.798. The molecule has 5 nitrogen and oxygen atoms in total. The number of hydrogen-bond acceptors (Lipinski definition) is 3. The van der Waals surface area contributed by atoms with Crippen LogP contribution in [0.5, 0.6) is 5.75 Å². The first-order chi connectivity index (χ1) is 8.50. The van der Waals surface area contributed by atoms with Crippen molar-refractivity contribution in [3.63, 3.8) is 0 Å². The average molecular weight is 251 g/mol. The minimum Gasteiger partial charge on any atom is -0.483 e. The highest BCUT2D eigenvalue weighted by atomic mass is 16.5. The van der Waals surface area contributed by atoms with Crippen molar-refractivity contribution >= 4 is 11.9 Å². The number of carboxylic acid groups (broad SMARTS) is 1. The Morgan fingerprint density at radius 2 is 2.06 bits per heavy atom. The predicted molar refractivity (Wildman–Crippen MR) is 66.7 cm³/mol. The molecule has 0 unspecified atom stereocenters. The minimum absolute atomic E-state index is 0.0881. The number of nitrogens with one attached hydrogen (secondary N) is 1. The van der Waals surface area contributed by atoms with Gasteiger partial charge in [0.15, 0.2) is 6.61 Å². The monoisotopic (exact) mass is 251 g/mol. The van der Waals surface area contributed by atoms with Crippen LogP contribution in [0.15, 0.2) is 18.2 Å². The van der Waals surface area contributed by atoms with E-state index in [2.05, 4.69) is 5.32 Å². The summed E-state index contributed by atoms with van der Waals surface area (Å²) < 4.78 is 5.38. The van der Waals surface area contributed by atoms with Crippen molar-refractivity contribution in [2.75, 3.05) is 13.2 Å². The first kappa shape index (κ1) is 14.0. The fourth-order valence-corrected chi connectivity index (χ4v) is 1.38. The van der Waals surface area contributed by atoms with Gasteiger partial charge in [0.2, 0.25) is 0 Å². The highest BCUT2D eigenvalue weighted by Crippen LogP contribution is 2.20. The lowest BCUT2D eigenvalue weighted by atomic mass is 10.1. The molecule has 0 bridgehead atoms. The van der Waals surface area contributed by atoms with E-state index in [1.54, 1.807) is 6.07 Å². The van der Waals surface area contributed by atoms with Crippen LogP contribution < -0.4 is 10.1 Å². The molecule has 5 heteroatoms. The Bertz CT molecular complexity index is 443. The van der Waals surface area contributed by atoms with Crippen molar-refractivity contribution in [3.05, 3.63) is 29.3 Å². The molecule has 0 aromatic heterocycles. The second-order valence-corrected chi connectivity index (χ2v) is 3.98. The Hall–Kier alpha value is -2.04. The van der Waals surface area contributed by atoms with Crippen molar-refractivity contribution in [2.24, 2.45) is 0 Å². The van der Waals surface area contributed by atoms with Gasteiger partial charge in [0.05, 0.1) is 6.42 Å². The van der Waals surface area contributed by atoms with Crippen LogP contribution in [0.2, 0.25) is 0 Å². The minimum atomic E-state index is -0.939. The van der Waals surface area contributed by atoms with Crippen LogP contribution in [0, 0.1) is 13.8 Å². The average Bonchev–Trinajstić information content (AvgIpc) is 2.30. The lowest BCUT2D eigenvalue weighted by Crippen LogP contribution is -2.30. The van der Waals surface area contributed by atoms with Gasteiger partial charge in [-0.1, -0.05) is 12.1 Å². The molecular weight excluding hydrogens is 234 g/mol. The normalized spacial score (nSPS) is 9.89. The zero-order valence-electron chi connectivity index (χ0n) is 10.5. The summed E-state index contributed by atoms with van der Waals surface area (Å²) >= 11 is 0. The molecule has 0 atom stereocenters. The van der Waals surface area contributed by atoms with Gasteiger partial charge in [-0.05, 0) is 31.0 Å². The van der Waals surface area contributed by atoms with Gasteiger partial charge in [0.1, 0.15) is 5.75 Å². The summed E-state index contributed by atoms with van der Waals surface area (Å²) in [6.07, 6.45) is -0.0881. The molecule has 0 aliphatic heterocycles. The van der Waals surface area contributed by atoms with Crippen LogP contribution in [-0.4, -0.2) is 30.1 Å². The molecule has 0 heterocycles. The van der Waals surface area contributed by atoms with E-state index < -0.39 is 5.97 Å². The lowest BCUT2D eigenvalue weighted by molar-refractivity contribution is -0.137. The van der Waals surface area contributed by atoms with Crippen LogP contribution in [-0.2, 0) is 9.59 Å². The number of ether oxygens (including phenoxy) is 1. The van der Waals surface area contributed by atoms with Crippen molar-refractivity contribution in [3.8, 4) is 5.75 Å². The fourth-order valence-electron chi connectivity index (χ4n) is 1.38. The molecule has 0 aliphatic carbocycles. The summed E-state index contributed by atoms with van der Waals surface area (Å²) in [4.78, 5) is 21.6. The first-order valence-corrected chi connectivity index (χ1v) is 5.68. The third-order valence-electron chi connectivity index (χ3n) is 2.57. The van der Waals surface area contributed by atoms with Gasteiger partial charge >= 0.3 is 5.97 Å². The van der Waals surface area contributed by atoms with Crippen LogP contribution in [0.4, 0.5) is 0 Å². The second-order valence-electron chi connectivity index (χ2n) is 3.98. The van der Waals surface area contributed by atoms with Crippen molar-refractivity contribution < 1.29 is 19.4 Å². The molecule has 0 saturated heterocycles. The standard InChI is InChI=1S/C13H17NO4/c1-9-4-3-5-11(10(9)2)18-8-12(15)14-7-6-13(16)17/h3-5H,6-8H2,1-2H3,(H,14,15)(H,16,17). The smallest absolute Gasteiger partial charge is 0.305 e. The van der Waals surface area contributed by atoms with E-state index in [1.165, 1.54) is 0 Å². The van der Waals surface area contributed by atoms with E-state index in [-0.39, 0.29) is 25.5 Å². The van der Waals surface area contributed by atoms with Crippen LogP contribution in [0.25, 0.3) is 0 Å². The maximum Gasteiger partial charge on any atom is 0.305 e. The summed E-state index contributed by atoms with van der Waals surface area (Å²) in [5.41, 5.74) is 2.09. The number of aryl methyl sites for hydroxylation is 1. The topological polar surface area (TPSA) is 75.6 Å². The number of rotatable bonds is 6. The second kappa shape index (κ2) is 6.64. The molecule has 18 heavy (non-hydrogen) atoms. The van der Waals surface area contributed by atoms with Crippen LogP contribution in [0.1, 0.15) is 17.5 Å². The number of carboxylic acids is 1. The zero-order valence-corrected chi connectivity index (χ0v) is 10.5. The summed E-state index contributed by atoms with van der Waals surface area (Å²) in [6, 6.07) is 5.63. The molecule has 0 aliphatic rings. The van der Waals surface area contributed by atoms with Crippen molar-refractivity contribution in [1.29, 1.82) is 0 Å². The maximum absolute atomic E-state index is 11.4. The predicted octanol–water partition coefficient (Wildman–Crippen LogP) is 1.27. The van der Waals surface area contributed by atoms with Gasteiger partial charge in [-0.15, -0.1) is 0 Å². The van der Waals surface area contributed by atoms with Crippen LogP contribution >= 0.6 is 0 Å². The molecule has 1 amide bonds. The van der Waals surface area contributed by atoms with E-state index in [4.69, 9.17) is 9.84 Å². The van der Waals surface area contributed by atoms with Crippen molar-refractivity contribution in [1.82, 2.24) is 5.32 Å². The third-order valence-corrected chi connectivity index (χ3v) is 2.57. The highest BCUT2D eigenvalue weighted by molar-refractivity contribution is 5.78. The third kappa shape index (κ3) is 4.45. The molecule has 0 spiro atoms. The van der Waals surface area contributed by atoms with Gasteiger partial charge in [-0.25, -0.2) is 0 Å². The van der Waals surface area contributed by atoms with Gasteiger partial charge in [-0.3, -0.25) is 9.59 Å². The van der Waals surface area contributed by atoms with E-state index in [1.807, 2.05) is 26.0 Å². The van der Waals surface area contributed by atoms with Crippen LogP contribution in [0.3, 0.4) is 0 Å². The number of benzene rings is 1. The molecule has 1 aromatic carbocycles. The van der Waals surface area contributed by atoms with Gasteiger partial charge in [-0.2, -0.15) is 0 Å². The Labute approximate surface area is 106 Å². The van der Waals surface area contributed by atoms with Gasteiger partial charge in [0, 0.05) is 6.54 Å². The molecule has 1 rings (SSSR count). The SMILES string of the molecule is Cc1cccc(OCC(=O)NCCC(=O)O)c1C. The van der Waals surface area contributed by atoms with Gasteiger partial charge < -0.3 is 15.2 Å². The Morgan fingerprint density at radius 3 is 2.72 bits per heavy atom. The summed E-state index contributed by atoms with van der Waals surface area (Å²) in [5, 5.41) is 10.9. The van der Waals surface area contributed by atoms with E-state index in [0.29, 0.717) is 5.75 Å². The molecular formula is C13H17NO4. The van der Waals surface area contributed by atoms with E-state index >= 15 is 0 Å². The van der Waals surface area contributed by atoms with Gasteiger partial charge in [0.25, 0.3) is 5.91 Å². The largest absolute Gasteiger partial charge is 0.483 e. The summed E-state index contributed by atoms with van der Waals surface area (Å²) in [5.74, 6) is -0.591. The van der Waals surface area contributed by atoms with E-state index in [9.17, 15) is 9.59 Å². The summed E-state index contributed by atoms with van der Waals surface area (Å²) in [7, 11) is 0. The number of amides is 1. The molecule has 0 radical (unpaired) electrons. The number of carbonyl (C=O) groups is 2. The maximum atomic E-state index is 11.4. The Kier molecular flexibility index (Phi) is 5.17. The van der Waals surface area contributed by atoms with Crippen molar-refractivity contribution in [2.45, 2.75) is 20.3 Å². The Balaban J connectivity index is 2.38. The number of carbonyl (C=O) groups excluding carboxylic acids is 1. The lowest BCUT2D eigenvalue weighted by Gasteiger charge is -2.10. The Morgan fingerprint density at radius 1 is 1.33 bits per heavy atom. The molecule has 98 valence electrons. The van der Waals surface area contributed by atoms with E-state index in [0.717, 1.165) is 11.1 Å². The zero-order chi connectivity index (χ0) is 13.5. The first-order valence-electron chi connectivity index (χ1n) is 5.68. The molecule has 0 fully saturated rings. The number of hydrogen-bond donors (Lipinski definition) is 2. The highest BCUT2D eigenvalue weighted by Gasteiger charge is 2.06. The molecule has 0 saturated carbocycles. The molecule has 1 aromatic rings. The summed E-state index contributed by atoms with van der Waals surface area (Å²) in [6.45, 7) is 3.90. The number of aliphatic carboxylic acids is 1.